The van der Waals surface area contributed by atoms with Gasteiger partial charge < -0.3 is 15.5 Å². The van der Waals surface area contributed by atoms with E-state index in [1.54, 1.807) is 0 Å². The van der Waals surface area contributed by atoms with Gasteiger partial charge in [0, 0.05) is 13.0 Å². The molecule has 1 fully saturated rings. The van der Waals surface area contributed by atoms with E-state index < -0.39 is 11.6 Å². The average molecular weight is 201 g/mol. The minimum Gasteiger partial charge on any atom is -0.481 e. The molecule has 0 aromatic carbocycles. The van der Waals surface area contributed by atoms with Crippen molar-refractivity contribution in [1.29, 1.82) is 0 Å². The Bertz CT molecular complexity index is 235. The molecule has 0 bridgehead atoms. The molecule has 0 radical (unpaired) electrons. The summed E-state index contributed by atoms with van der Waals surface area (Å²) in [6, 6.07) is 0. The van der Waals surface area contributed by atoms with Gasteiger partial charge in [-0.2, -0.15) is 0 Å². The van der Waals surface area contributed by atoms with Crippen LogP contribution in [0.5, 0.6) is 0 Å². The normalized spacial score (nSPS) is 18.4. The van der Waals surface area contributed by atoms with Crippen LogP contribution in [-0.2, 0) is 9.59 Å². The van der Waals surface area contributed by atoms with Crippen molar-refractivity contribution in [2.75, 3.05) is 6.54 Å². The Balaban J connectivity index is 2.11. The lowest BCUT2D eigenvalue weighted by Crippen LogP contribution is -2.47. The number of carboxylic acids is 1. The number of amides is 1. The Morgan fingerprint density at radius 1 is 1.29 bits per heavy atom. The highest BCUT2D eigenvalue weighted by Crippen LogP contribution is 2.30. The first-order chi connectivity index (χ1) is 6.52. The van der Waals surface area contributed by atoms with E-state index in [2.05, 4.69) is 5.32 Å². The van der Waals surface area contributed by atoms with Crippen molar-refractivity contribution in [1.82, 2.24) is 5.32 Å². The van der Waals surface area contributed by atoms with Crippen LogP contribution in [-0.4, -0.2) is 34.2 Å². The number of hydrogen-bond donors (Lipinski definition) is 3. The van der Waals surface area contributed by atoms with E-state index >= 15 is 0 Å². The Morgan fingerprint density at radius 3 is 2.36 bits per heavy atom. The maximum absolute atomic E-state index is 11.0. The van der Waals surface area contributed by atoms with Gasteiger partial charge in [0.05, 0.1) is 12.0 Å². The largest absolute Gasteiger partial charge is 0.481 e. The van der Waals surface area contributed by atoms with Crippen LogP contribution < -0.4 is 5.32 Å². The minimum atomic E-state index is -0.984. The van der Waals surface area contributed by atoms with Gasteiger partial charge in [-0.1, -0.05) is 0 Å². The second-order valence-corrected chi connectivity index (χ2v) is 3.75. The van der Waals surface area contributed by atoms with Gasteiger partial charge in [-0.3, -0.25) is 9.59 Å². The second kappa shape index (κ2) is 4.41. The molecule has 0 aromatic heterocycles. The molecule has 5 heteroatoms. The molecular weight excluding hydrogens is 186 g/mol. The second-order valence-electron chi connectivity index (χ2n) is 3.75. The van der Waals surface area contributed by atoms with Gasteiger partial charge >= 0.3 is 5.97 Å². The van der Waals surface area contributed by atoms with Crippen molar-refractivity contribution in [3.63, 3.8) is 0 Å². The molecule has 1 amide bonds. The van der Waals surface area contributed by atoms with E-state index in [-0.39, 0.29) is 25.3 Å². The predicted octanol–water partition coefficient (Wildman–Crippen LogP) is -0.118. The van der Waals surface area contributed by atoms with Crippen LogP contribution in [0.3, 0.4) is 0 Å². The van der Waals surface area contributed by atoms with Gasteiger partial charge in [0.1, 0.15) is 0 Å². The third-order valence-electron chi connectivity index (χ3n) is 2.46. The summed E-state index contributed by atoms with van der Waals surface area (Å²) < 4.78 is 0. The Labute approximate surface area is 82.1 Å². The summed E-state index contributed by atoms with van der Waals surface area (Å²) in [5.74, 6) is -1.30. The van der Waals surface area contributed by atoms with Crippen LogP contribution >= 0.6 is 0 Å². The molecule has 0 aliphatic heterocycles. The fraction of sp³-hybridized carbons (Fsp3) is 0.778. The van der Waals surface area contributed by atoms with Gasteiger partial charge in [0.15, 0.2) is 0 Å². The maximum atomic E-state index is 11.0. The van der Waals surface area contributed by atoms with Crippen LogP contribution in [0.1, 0.15) is 32.1 Å². The zero-order valence-corrected chi connectivity index (χ0v) is 7.95. The Kier molecular flexibility index (Phi) is 3.46. The van der Waals surface area contributed by atoms with Gasteiger partial charge in [-0.05, 0) is 19.3 Å². The first kappa shape index (κ1) is 11.0. The molecule has 0 saturated heterocycles. The molecule has 0 heterocycles. The molecule has 5 nitrogen and oxygen atoms in total. The number of hydrogen-bond acceptors (Lipinski definition) is 3. The average Bonchev–Trinajstić information content (AvgIpc) is 2.08. The Morgan fingerprint density at radius 2 is 1.93 bits per heavy atom. The summed E-state index contributed by atoms with van der Waals surface area (Å²) >= 11 is 0. The highest BCUT2D eigenvalue weighted by Gasteiger charge is 2.34. The lowest BCUT2D eigenvalue weighted by atomic mass is 9.80. The SMILES string of the molecule is O=C(O)CCC(=O)NCC1(O)CCC1. The summed E-state index contributed by atoms with van der Waals surface area (Å²) in [6.45, 7) is 0.242. The zero-order chi connectivity index (χ0) is 10.6. The molecule has 0 spiro atoms. The lowest BCUT2D eigenvalue weighted by Gasteiger charge is -2.36. The summed E-state index contributed by atoms with van der Waals surface area (Å²) in [5.41, 5.74) is -0.737. The molecule has 14 heavy (non-hydrogen) atoms. The number of rotatable bonds is 5. The van der Waals surface area contributed by atoms with Crippen LogP contribution in [0.2, 0.25) is 0 Å². The van der Waals surface area contributed by atoms with Crippen LogP contribution in [0.25, 0.3) is 0 Å². The number of nitrogens with one attached hydrogen (secondary N) is 1. The number of carboxylic acid groups (broad SMARTS) is 1. The first-order valence-electron chi connectivity index (χ1n) is 4.73. The van der Waals surface area contributed by atoms with E-state index in [0.717, 1.165) is 6.42 Å². The first-order valence-corrected chi connectivity index (χ1v) is 4.73. The van der Waals surface area contributed by atoms with E-state index in [1.165, 1.54) is 0 Å². The van der Waals surface area contributed by atoms with Crippen molar-refractivity contribution < 1.29 is 19.8 Å². The number of aliphatic hydroxyl groups is 1. The fourth-order valence-electron chi connectivity index (χ4n) is 1.33. The quantitative estimate of drug-likeness (QED) is 0.579. The van der Waals surface area contributed by atoms with Crippen LogP contribution in [0, 0.1) is 0 Å². The summed E-state index contributed by atoms with van der Waals surface area (Å²) in [7, 11) is 0. The van der Waals surface area contributed by atoms with Crippen LogP contribution in [0.15, 0.2) is 0 Å². The molecular formula is C9H15NO4. The number of carbonyl (C=O) groups is 2. The third-order valence-corrected chi connectivity index (χ3v) is 2.46. The molecule has 3 N–H and O–H groups in total. The fourth-order valence-corrected chi connectivity index (χ4v) is 1.33. The zero-order valence-electron chi connectivity index (χ0n) is 7.95. The Hall–Kier alpha value is -1.10. The number of carbonyl (C=O) groups excluding carboxylic acids is 1. The molecule has 0 atom stereocenters. The topological polar surface area (TPSA) is 86.6 Å². The number of aliphatic carboxylic acids is 1. The third kappa shape index (κ3) is 3.33. The van der Waals surface area contributed by atoms with E-state index in [0.29, 0.717) is 12.8 Å². The summed E-state index contributed by atoms with van der Waals surface area (Å²) in [6.07, 6.45) is 2.23. The summed E-state index contributed by atoms with van der Waals surface area (Å²) in [5, 5.41) is 20.5. The van der Waals surface area contributed by atoms with Crippen molar-refractivity contribution in [3.05, 3.63) is 0 Å². The lowest BCUT2D eigenvalue weighted by molar-refractivity contribution is -0.139. The van der Waals surface area contributed by atoms with Crippen molar-refractivity contribution in [2.24, 2.45) is 0 Å². The highest BCUT2D eigenvalue weighted by molar-refractivity contribution is 5.80. The van der Waals surface area contributed by atoms with Crippen molar-refractivity contribution in [2.45, 2.75) is 37.7 Å². The van der Waals surface area contributed by atoms with Crippen molar-refractivity contribution in [3.8, 4) is 0 Å². The molecule has 1 saturated carbocycles. The summed E-state index contributed by atoms with van der Waals surface area (Å²) in [4.78, 5) is 21.2. The van der Waals surface area contributed by atoms with Gasteiger partial charge in [-0.15, -0.1) is 0 Å². The highest BCUT2D eigenvalue weighted by atomic mass is 16.4. The van der Waals surface area contributed by atoms with E-state index in [1.807, 2.05) is 0 Å². The molecule has 0 aromatic rings. The molecule has 1 aliphatic carbocycles. The maximum Gasteiger partial charge on any atom is 0.303 e. The van der Waals surface area contributed by atoms with Gasteiger partial charge in [-0.25, -0.2) is 0 Å². The molecule has 0 unspecified atom stereocenters. The monoisotopic (exact) mass is 201 g/mol. The predicted molar refractivity (Wildman–Crippen MR) is 48.7 cm³/mol. The molecule has 1 rings (SSSR count). The molecule has 1 aliphatic rings. The van der Waals surface area contributed by atoms with E-state index in [4.69, 9.17) is 5.11 Å². The standard InChI is InChI=1S/C9H15NO4/c11-7(2-3-8(12)13)10-6-9(14)4-1-5-9/h14H,1-6H2,(H,10,11)(H,12,13). The molecule has 80 valence electrons. The smallest absolute Gasteiger partial charge is 0.303 e. The van der Waals surface area contributed by atoms with Gasteiger partial charge in [0.2, 0.25) is 5.91 Å². The van der Waals surface area contributed by atoms with Gasteiger partial charge in [0.25, 0.3) is 0 Å². The van der Waals surface area contributed by atoms with E-state index in [9.17, 15) is 14.7 Å². The van der Waals surface area contributed by atoms with Crippen molar-refractivity contribution >= 4 is 11.9 Å². The minimum absolute atomic E-state index is 0.0224. The van der Waals surface area contributed by atoms with Crippen LogP contribution in [0.4, 0.5) is 0 Å².